The Kier molecular flexibility index (Phi) is 4.62. The maximum absolute atomic E-state index is 12.8. The maximum atomic E-state index is 12.8. The molecule has 2 amide bonds. The van der Waals surface area contributed by atoms with Crippen LogP contribution >= 0.6 is 0 Å². The molecule has 0 aromatic heterocycles. The van der Waals surface area contributed by atoms with E-state index in [1.54, 1.807) is 37.3 Å². The molecule has 1 atom stereocenters. The van der Waals surface area contributed by atoms with E-state index in [1.807, 2.05) is 0 Å². The van der Waals surface area contributed by atoms with E-state index in [0.29, 0.717) is 17.1 Å². The van der Waals surface area contributed by atoms with Gasteiger partial charge in [0.15, 0.2) is 0 Å². The number of methoxy groups -OCH3 is 1. The molecule has 7 nitrogen and oxygen atoms in total. The Morgan fingerprint density at radius 3 is 2.65 bits per heavy atom. The fourth-order valence-corrected chi connectivity index (χ4v) is 2.91. The molecule has 1 aliphatic heterocycles. The van der Waals surface area contributed by atoms with Crippen LogP contribution < -0.4 is 15.0 Å². The summed E-state index contributed by atoms with van der Waals surface area (Å²) in [7, 11) is 1.47. The summed E-state index contributed by atoms with van der Waals surface area (Å²) in [4.78, 5) is 37.5. The molecule has 0 radical (unpaired) electrons. The first-order chi connectivity index (χ1) is 12.4. The fraction of sp³-hybridized carbons (Fsp3) is 0.211. The number of carbonyl (C=O) groups is 3. The molecule has 1 aliphatic rings. The Labute approximate surface area is 150 Å². The summed E-state index contributed by atoms with van der Waals surface area (Å²) in [5.74, 6) is -1.37. The summed E-state index contributed by atoms with van der Waals surface area (Å²) >= 11 is 0. The molecule has 2 aromatic carbocycles. The Balaban J connectivity index is 1.88. The molecule has 7 heteroatoms. The SMILES string of the molecule is COc1ccccc1N1C(=O)C[C@@H](Nc2cc(C(=O)O)ccc2C)C1=O. The molecule has 0 saturated carbocycles. The van der Waals surface area contributed by atoms with Gasteiger partial charge in [0.05, 0.1) is 24.8 Å². The average molecular weight is 354 g/mol. The van der Waals surface area contributed by atoms with Gasteiger partial charge < -0.3 is 15.2 Å². The average Bonchev–Trinajstić information content (AvgIpc) is 2.90. The van der Waals surface area contributed by atoms with Gasteiger partial charge in [-0.25, -0.2) is 9.69 Å². The van der Waals surface area contributed by atoms with E-state index in [9.17, 15) is 14.4 Å². The zero-order chi connectivity index (χ0) is 18.8. The minimum absolute atomic E-state index is 0.0202. The number of benzene rings is 2. The van der Waals surface area contributed by atoms with Crippen molar-refractivity contribution in [1.82, 2.24) is 0 Å². The number of hydrogen-bond acceptors (Lipinski definition) is 5. The molecule has 1 heterocycles. The summed E-state index contributed by atoms with van der Waals surface area (Å²) in [5, 5.41) is 12.1. The van der Waals surface area contributed by atoms with Gasteiger partial charge in [-0.3, -0.25) is 9.59 Å². The van der Waals surface area contributed by atoms with Crippen LogP contribution in [0.25, 0.3) is 0 Å². The fourth-order valence-electron chi connectivity index (χ4n) is 2.91. The van der Waals surface area contributed by atoms with Gasteiger partial charge in [0.2, 0.25) is 5.91 Å². The van der Waals surface area contributed by atoms with Gasteiger partial charge in [-0.15, -0.1) is 0 Å². The number of para-hydroxylation sites is 2. The number of carbonyl (C=O) groups excluding carboxylic acids is 2. The summed E-state index contributed by atoms with van der Waals surface area (Å²) in [6.45, 7) is 1.80. The van der Waals surface area contributed by atoms with Gasteiger partial charge >= 0.3 is 5.97 Å². The first-order valence-corrected chi connectivity index (χ1v) is 8.02. The number of nitrogens with zero attached hydrogens (tertiary/aromatic N) is 1. The molecule has 0 bridgehead atoms. The molecule has 0 spiro atoms. The smallest absolute Gasteiger partial charge is 0.335 e. The molecule has 0 unspecified atom stereocenters. The van der Waals surface area contributed by atoms with Crippen LogP contribution in [-0.4, -0.2) is 36.0 Å². The number of imide groups is 1. The lowest BCUT2D eigenvalue weighted by molar-refractivity contribution is -0.121. The summed E-state index contributed by atoms with van der Waals surface area (Å²) < 4.78 is 5.24. The molecule has 2 N–H and O–H groups in total. The van der Waals surface area contributed by atoms with Crippen molar-refractivity contribution < 1.29 is 24.2 Å². The Hall–Kier alpha value is -3.35. The van der Waals surface area contributed by atoms with Gasteiger partial charge in [0, 0.05) is 5.69 Å². The highest BCUT2D eigenvalue weighted by molar-refractivity contribution is 6.23. The minimum Gasteiger partial charge on any atom is -0.495 e. The zero-order valence-corrected chi connectivity index (χ0v) is 14.4. The molecule has 134 valence electrons. The van der Waals surface area contributed by atoms with Crippen LogP contribution in [0.2, 0.25) is 0 Å². The monoisotopic (exact) mass is 354 g/mol. The maximum Gasteiger partial charge on any atom is 0.335 e. The minimum atomic E-state index is -1.06. The van der Waals surface area contributed by atoms with E-state index in [0.717, 1.165) is 10.5 Å². The predicted octanol–water partition coefficient (Wildman–Crippen LogP) is 2.45. The third-order valence-corrected chi connectivity index (χ3v) is 4.29. The van der Waals surface area contributed by atoms with Crippen LogP contribution in [0.1, 0.15) is 22.3 Å². The van der Waals surface area contributed by atoms with Crippen molar-refractivity contribution in [3.05, 3.63) is 53.6 Å². The standard InChI is InChI=1S/C19H18N2O5/c1-11-7-8-12(19(24)25)9-13(11)20-14-10-17(22)21(18(14)23)15-5-3-4-6-16(15)26-2/h3-9,14,20H,10H2,1-2H3,(H,24,25)/t14-/m1/s1. The molecule has 3 rings (SSSR count). The van der Waals surface area contributed by atoms with Crippen LogP contribution in [0, 0.1) is 6.92 Å². The predicted molar refractivity (Wildman–Crippen MR) is 95.7 cm³/mol. The molecule has 1 saturated heterocycles. The highest BCUT2D eigenvalue weighted by Gasteiger charge is 2.40. The molecular weight excluding hydrogens is 336 g/mol. The molecule has 1 fully saturated rings. The highest BCUT2D eigenvalue weighted by atomic mass is 16.5. The van der Waals surface area contributed by atoms with E-state index in [1.165, 1.54) is 19.2 Å². The Bertz CT molecular complexity index is 893. The molecule has 0 aliphatic carbocycles. The third kappa shape index (κ3) is 3.11. The third-order valence-electron chi connectivity index (χ3n) is 4.29. The largest absolute Gasteiger partial charge is 0.495 e. The second-order valence-electron chi connectivity index (χ2n) is 5.98. The topological polar surface area (TPSA) is 95.9 Å². The normalized spacial score (nSPS) is 16.7. The number of aryl methyl sites for hydroxylation is 1. The number of rotatable bonds is 5. The van der Waals surface area contributed by atoms with Crippen molar-refractivity contribution in [3.63, 3.8) is 0 Å². The van der Waals surface area contributed by atoms with Crippen LogP contribution in [0.4, 0.5) is 11.4 Å². The van der Waals surface area contributed by atoms with Gasteiger partial charge in [-0.05, 0) is 36.8 Å². The van der Waals surface area contributed by atoms with E-state index < -0.39 is 17.9 Å². The highest BCUT2D eigenvalue weighted by Crippen LogP contribution is 2.33. The van der Waals surface area contributed by atoms with Crippen molar-refractivity contribution in [1.29, 1.82) is 0 Å². The van der Waals surface area contributed by atoms with Gasteiger partial charge in [0.1, 0.15) is 11.8 Å². The zero-order valence-electron chi connectivity index (χ0n) is 14.4. The van der Waals surface area contributed by atoms with Crippen LogP contribution in [0.3, 0.4) is 0 Å². The first-order valence-electron chi connectivity index (χ1n) is 8.02. The lowest BCUT2D eigenvalue weighted by Gasteiger charge is -2.19. The number of carboxylic acids is 1. The Morgan fingerprint density at radius 2 is 1.96 bits per heavy atom. The van der Waals surface area contributed by atoms with Crippen molar-refractivity contribution in [2.24, 2.45) is 0 Å². The van der Waals surface area contributed by atoms with Crippen molar-refractivity contribution >= 4 is 29.2 Å². The lowest BCUT2D eigenvalue weighted by atomic mass is 10.1. The van der Waals surface area contributed by atoms with Crippen molar-refractivity contribution in [2.45, 2.75) is 19.4 Å². The van der Waals surface area contributed by atoms with E-state index >= 15 is 0 Å². The number of hydrogen-bond donors (Lipinski definition) is 2. The molecule has 2 aromatic rings. The van der Waals surface area contributed by atoms with Crippen LogP contribution in [0.15, 0.2) is 42.5 Å². The summed E-state index contributed by atoms with van der Waals surface area (Å²) in [6.07, 6.45) is -0.0202. The van der Waals surface area contributed by atoms with Crippen molar-refractivity contribution in [2.75, 3.05) is 17.3 Å². The van der Waals surface area contributed by atoms with Gasteiger partial charge in [-0.1, -0.05) is 18.2 Å². The Morgan fingerprint density at radius 1 is 1.23 bits per heavy atom. The number of carboxylic acid groups (broad SMARTS) is 1. The lowest BCUT2D eigenvalue weighted by Crippen LogP contribution is -2.35. The number of aromatic carboxylic acids is 1. The summed E-state index contributed by atoms with van der Waals surface area (Å²) in [5.41, 5.74) is 1.80. The molecule has 26 heavy (non-hydrogen) atoms. The van der Waals surface area contributed by atoms with Crippen LogP contribution in [-0.2, 0) is 9.59 Å². The van der Waals surface area contributed by atoms with E-state index in [-0.39, 0.29) is 17.9 Å². The molecular formula is C19H18N2O5. The first kappa shape index (κ1) is 17.5. The van der Waals surface area contributed by atoms with Crippen LogP contribution in [0.5, 0.6) is 5.75 Å². The van der Waals surface area contributed by atoms with E-state index in [2.05, 4.69) is 5.32 Å². The number of amides is 2. The van der Waals surface area contributed by atoms with Gasteiger partial charge in [-0.2, -0.15) is 0 Å². The summed E-state index contributed by atoms with van der Waals surface area (Å²) in [6, 6.07) is 10.6. The number of anilines is 2. The second-order valence-corrected chi connectivity index (χ2v) is 5.98. The van der Waals surface area contributed by atoms with E-state index in [4.69, 9.17) is 9.84 Å². The second kappa shape index (κ2) is 6.87. The van der Waals surface area contributed by atoms with Crippen molar-refractivity contribution in [3.8, 4) is 5.75 Å². The van der Waals surface area contributed by atoms with Gasteiger partial charge in [0.25, 0.3) is 5.91 Å². The number of ether oxygens (including phenoxy) is 1. The quantitative estimate of drug-likeness (QED) is 0.801. The number of nitrogens with one attached hydrogen (secondary N) is 1.